The van der Waals surface area contributed by atoms with Gasteiger partial charge in [0.15, 0.2) is 5.76 Å². The molecule has 1 aromatic carbocycles. The highest BCUT2D eigenvalue weighted by molar-refractivity contribution is 7.89. The minimum Gasteiger partial charge on any atom is -0.438 e. The zero-order chi connectivity index (χ0) is 23.6. The standard InChI is InChI=1S/C21H24N4O6S2/c22-16-17-6-2-3-7-19(17)32(27,28)25-14-12-23(13-15-25)21(26)18-8-9-20(31-18)33(29,30)24-10-4-1-5-11-24/h2-3,6-9H,1,4-5,10-15H2. The maximum Gasteiger partial charge on any atom is 0.289 e. The van der Waals surface area contributed by atoms with Crippen LogP contribution in [0.2, 0.25) is 0 Å². The third kappa shape index (κ3) is 4.54. The Hall–Kier alpha value is -2.72. The van der Waals surface area contributed by atoms with Crippen LogP contribution in [0.25, 0.3) is 0 Å². The minimum absolute atomic E-state index is 0.0491. The predicted molar refractivity (Wildman–Crippen MR) is 117 cm³/mol. The van der Waals surface area contributed by atoms with E-state index in [4.69, 9.17) is 4.42 Å². The minimum atomic E-state index is -3.88. The molecule has 0 saturated carbocycles. The molecule has 33 heavy (non-hydrogen) atoms. The van der Waals surface area contributed by atoms with Crippen LogP contribution in [0, 0.1) is 11.3 Å². The highest BCUT2D eigenvalue weighted by Gasteiger charge is 2.34. The van der Waals surface area contributed by atoms with E-state index in [1.165, 1.54) is 37.8 Å². The molecule has 1 amide bonds. The SMILES string of the molecule is N#Cc1ccccc1S(=O)(=O)N1CCN(C(=O)c2ccc(S(=O)(=O)N3CCCCC3)o2)CC1. The van der Waals surface area contributed by atoms with Crippen molar-refractivity contribution >= 4 is 26.0 Å². The summed E-state index contributed by atoms with van der Waals surface area (Å²) < 4.78 is 59.4. The molecule has 1 aromatic heterocycles. The molecule has 0 radical (unpaired) electrons. The summed E-state index contributed by atoms with van der Waals surface area (Å²) in [7, 11) is -7.67. The summed E-state index contributed by atoms with van der Waals surface area (Å²) in [6.45, 7) is 1.18. The molecule has 2 saturated heterocycles. The van der Waals surface area contributed by atoms with Crippen molar-refractivity contribution in [1.29, 1.82) is 5.26 Å². The second-order valence-corrected chi connectivity index (χ2v) is 11.7. The Labute approximate surface area is 193 Å². The zero-order valence-corrected chi connectivity index (χ0v) is 19.5. The molecule has 0 atom stereocenters. The molecule has 0 spiro atoms. The van der Waals surface area contributed by atoms with Crippen molar-refractivity contribution in [3.05, 3.63) is 47.7 Å². The summed E-state index contributed by atoms with van der Waals surface area (Å²) in [6.07, 6.45) is 2.56. The van der Waals surface area contributed by atoms with Gasteiger partial charge in [-0.2, -0.15) is 13.9 Å². The monoisotopic (exact) mass is 492 g/mol. The van der Waals surface area contributed by atoms with Gasteiger partial charge < -0.3 is 9.32 Å². The summed E-state index contributed by atoms with van der Waals surface area (Å²) >= 11 is 0. The van der Waals surface area contributed by atoms with Gasteiger partial charge in [0.2, 0.25) is 15.1 Å². The lowest BCUT2D eigenvalue weighted by molar-refractivity contribution is 0.0660. The van der Waals surface area contributed by atoms with Crippen LogP contribution in [0.3, 0.4) is 0 Å². The molecule has 2 aliphatic heterocycles. The Bertz CT molecular complexity index is 1280. The molecule has 3 heterocycles. The Kier molecular flexibility index (Phi) is 6.58. The second-order valence-electron chi connectivity index (χ2n) is 7.89. The lowest BCUT2D eigenvalue weighted by Gasteiger charge is -2.33. The van der Waals surface area contributed by atoms with E-state index in [9.17, 15) is 26.9 Å². The summed E-state index contributed by atoms with van der Waals surface area (Å²) in [5.74, 6) is -0.596. The highest BCUT2D eigenvalue weighted by atomic mass is 32.2. The number of amides is 1. The van der Waals surface area contributed by atoms with Crippen molar-refractivity contribution in [2.45, 2.75) is 29.3 Å². The van der Waals surface area contributed by atoms with E-state index in [1.807, 2.05) is 6.07 Å². The normalized spacial score (nSPS) is 18.7. The van der Waals surface area contributed by atoms with Crippen LogP contribution in [-0.2, 0) is 20.0 Å². The fraction of sp³-hybridized carbons (Fsp3) is 0.429. The number of furan rings is 1. The van der Waals surface area contributed by atoms with E-state index in [2.05, 4.69) is 0 Å². The van der Waals surface area contributed by atoms with Gasteiger partial charge in [-0.3, -0.25) is 4.79 Å². The molecular formula is C21H24N4O6S2. The molecule has 12 heteroatoms. The first kappa shape index (κ1) is 23.4. The van der Waals surface area contributed by atoms with E-state index in [0.29, 0.717) is 13.1 Å². The van der Waals surface area contributed by atoms with Crippen molar-refractivity contribution in [2.24, 2.45) is 0 Å². The number of piperidine rings is 1. The first-order valence-electron chi connectivity index (χ1n) is 10.6. The second kappa shape index (κ2) is 9.26. The van der Waals surface area contributed by atoms with Crippen molar-refractivity contribution in [3.63, 3.8) is 0 Å². The number of hydrogen-bond acceptors (Lipinski definition) is 7. The first-order chi connectivity index (χ1) is 15.7. The average Bonchev–Trinajstić information content (AvgIpc) is 3.35. The van der Waals surface area contributed by atoms with Crippen molar-refractivity contribution < 1.29 is 26.0 Å². The average molecular weight is 493 g/mol. The summed E-state index contributed by atoms with van der Waals surface area (Å²) in [5.41, 5.74) is 0.0639. The largest absolute Gasteiger partial charge is 0.438 e. The van der Waals surface area contributed by atoms with Crippen molar-refractivity contribution in [2.75, 3.05) is 39.3 Å². The maximum atomic E-state index is 13.0. The van der Waals surface area contributed by atoms with Gasteiger partial charge in [-0.05, 0) is 37.1 Å². The van der Waals surface area contributed by atoms with E-state index in [-0.39, 0.29) is 47.5 Å². The quantitative estimate of drug-likeness (QED) is 0.617. The molecule has 0 unspecified atom stereocenters. The van der Waals surface area contributed by atoms with Crippen LogP contribution in [0.15, 0.2) is 50.8 Å². The van der Waals surface area contributed by atoms with Crippen LogP contribution < -0.4 is 0 Å². The molecule has 2 fully saturated rings. The summed E-state index contributed by atoms with van der Waals surface area (Å²) in [4.78, 5) is 14.2. The van der Waals surface area contributed by atoms with Gasteiger partial charge in [-0.15, -0.1) is 0 Å². The molecule has 10 nitrogen and oxygen atoms in total. The van der Waals surface area contributed by atoms with Crippen LogP contribution in [0.5, 0.6) is 0 Å². The number of piperazine rings is 1. The van der Waals surface area contributed by atoms with Crippen LogP contribution in [0.1, 0.15) is 35.4 Å². The third-order valence-corrected chi connectivity index (χ3v) is 9.58. The van der Waals surface area contributed by atoms with Gasteiger partial charge in [0.05, 0.1) is 10.5 Å². The third-order valence-electron chi connectivity index (χ3n) is 5.85. The van der Waals surface area contributed by atoms with Crippen LogP contribution >= 0.6 is 0 Å². The first-order valence-corrected chi connectivity index (χ1v) is 13.5. The number of carbonyl (C=O) groups is 1. The maximum absolute atomic E-state index is 13.0. The number of hydrogen-bond donors (Lipinski definition) is 0. The molecular weight excluding hydrogens is 468 g/mol. The van der Waals surface area contributed by atoms with E-state index >= 15 is 0 Å². The predicted octanol–water partition coefficient (Wildman–Crippen LogP) is 1.47. The van der Waals surface area contributed by atoms with Gasteiger partial charge in [0.25, 0.3) is 15.9 Å². The molecule has 0 N–H and O–H groups in total. The fourth-order valence-electron chi connectivity index (χ4n) is 4.02. The van der Waals surface area contributed by atoms with Crippen molar-refractivity contribution in [1.82, 2.24) is 13.5 Å². The molecule has 176 valence electrons. The summed E-state index contributed by atoms with van der Waals surface area (Å²) in [5, 5.41) is 8.96. The Morgan fingerprint density at radius 3 is 2.12 bits per heavy atom. The Morgan fingerprint density at radius 1 is 0.818 bits per heavy atom. The van der Waals surface area contributed by atoms with E-state index in [0.717, 1.165) is 19.3 Å². The van der Waals surface area contributed by atoms with Gasteiger partial charge in [0, 0.05) is 39.3 Å². The number of nitriles is 1. The van der Waals surface area contributed by atoms with E-state index < -0.39 is 26.0 Å². The molecule has 2 aliphatic rings. The van der Waals surface area contributed by atoms with Crippen LogP contribution in [0.4, 0.5) is 0 Å². The van der Waals surface area contributed by atoms with Gasteiger partial charge in [0.1, 0.15) is 6.07 Å². The molecule has 4 rings (SSSR count). The topological polar surface area (TPSA) is 132 Å². The highest BCUT2D eigenvalue weighted by Crippen LogP contribution is 2.25. The Balaban J connectivity index is 1.44. The zero-order valence-electron chi connectivity index (χ0n) is 17.9. The molecule has 2 aromatic rings. The fourth-order valence-corrected chi connectivity index (χ4v) is 7.01. The number of nitrogens with zero attached hydrogens (tertiary/aromatic N) is 4. The van der Waals surface area contributed by atoms with Crippen molar-refractivity contribution in [3.8, 4) is 6.07 Å². The summed E-state index contributed by atoms with van der Waals surface area (Å²) in [6, 6.07) is 10.5. The lowest BCUT2D eigenvalue weighted by Crippen LogP contribution is -2.50. The smallest absolute Gasteiger partial charge is 0.289 e. The lowest BCUT2D eigenvalue weighted by atomic mass is 10.2. The number of sulfonamides is 2. The molecule has 0 bridgehead atoms. The van der Waals surface area contributed by atoms with Gasteiger partial charge in [-0.25, -0.2) is 16.8 Å². The number of rotatable bonds is 5. The van der Waals surface area contributed by atoms with Gasteiger partial charge >= 0.3 is 0 Å². The van der Waals surface area contributed by atoms with Gasteiger partial charge in [-0.1, -0.05) is 18.6 Å². The van der Waals surface area contributed by atoms with E-state index in [1.54, 1.807) is 12.1 Å². The number of benzene rings is 1. The molecule has 0 aliphatic carbocycles. The Morgan fingerprint density at radius 2 is 1.45 bits per heavy atom. The number of carbonyl (C=O) groups excluding carboxylic acids is 1. The van der Waals surface area contributed by atoms with Crippen LogP contribution in [-0.4, -0.2) is 75.5 Å².